The Morgan fingerprint density at radius 2 is 1.47 bits per heavy atom. The first-order valence-electron chi connectivity index (χ1n) is 23.3. The average molecular weight is 964 g/mol. The summed E-state index contributed by atoms with van der Waals surface area (Å²) in [6.45, 7) is 30.5. The highest BCUT2D eigenvalue weighted by atomic mass is 28.4. The first-order valence-corrected chi connectivity index (χ1v) is 29.1. The van der Waals surface area contributed by atoms with Crippen LogP contribution in [0.15, 0.2) is 67.5 Å². The molecule has 1 saturated heterocycles. The van der Waals surface area contributed by atoms with Gasteiger partial charge in [0.05, 0.1) is 25.1 Å². The lowest BCUT2D eigenvalue weighted by Crippen LogP contribution is -2.50. The van der Waals surface area contributed by atoms with Crippen LogP contribution in [0.25, 0.3) is 43.5 Å². The molecule has 0 bridgehead atoms. The summed E-state index contributed by atoms with van der Waals surface area (Å²) in [4.78, 5) is 53.8. The quantitative estimate of drug-likeness (QED) is 0.0359. The number of benzene rings is 4. The maximum atomic E-state index is 13.2. The number of anilines is 1. The van der Waals surface area contributed by atoms with Gasteiger partial charge in [0.15, 0.2) is 46.1 Å². The van der Waals surface area contributed by atoms with Crippen molar-refractivity contribution >= 4 is 84.0 Å². The van der Waals surface area contributed by atoms with Crippen molar-refractivity contribution in [2.24, 2.45) is 0 Å². The molecule has 8 rings (SSSR count). The molecule has 1 aliphatic carbocycles. The van der Waals surface area contributed by atoms with Crippen LogP contribution in [-0.2, 0) is 42.2 Å². The Hall–Kier alpha value is -5.47. The fourth-order valence-corrected chi connectivity index (χ4v) is 11.4. The topological polar surface area (TPSA) is 171 Å². The van der Waals surface area contributed by atoms with Gasteiger partial charge in [-0.2, -0.15) is 9.97 Å². The van der Waals surface area contributed by atoms with E-state index in [2.05, 4.69) is 97.8 Å². The third kappa shape index (κ3) is 9.22. The van der Waals surface area contributed by atoms with Gasteiger partial charge in [-0.3, -0.25) is 19.0 Å². The maximum absolute atomic E-state index is 13.2. The van der Waals surface area contributed by atoms with E-state index in [-0.39, 0.29) is 40.7 Å². The second kappa shape index (κ2) is 18.1. The maximum Gasteiger partial charge on any atom is 0.303 e. The highest BCUT2D eigenvalue weighted by molar-refractivity contribution is 6.74. The van der Waals surface area contributed by atoms with Crippen LogP contribution in [-0.4, -0.2) is 91.7 Å². The van der Waals surface area contributed by atoms with Gasteiger partial charge in [0.2, 0.25) is 11.8 Å². The standard InChI is InChI=1S/C51H65N5O10Si2/c1-15-23-60-48-43-47(56(27-52-43)38-25-36(66-68(13,14)51(8,9)10)37(65-38)26-61-67(11,12)50(5,6)7)54-49(55-48)53-42-41-34-22-21-32-18-16-17-31-19-20-33(40(34)39(31)32)24-35(41)44(62-28(2)57)46(64-30(4)59)45(42)63-29(3)58/h15-22,24,27,36-38,42,44-46H,1,23,25-26H2,2-14H3,(H,53,54,55)/t36-,37+,38+,42-,44-,45+,46+/m0/s1. The van der Waals surface area contributed by atoms with E-state index in [9.17, 15) is 14.4 Å². The molecule has 2 aromatic heterocycles. The Balaban J connectivity index is 1.29. The van der Waals surface area contributed by atoms with Crippen molar-refractivity contribution in [2.75, 3.05) is 18.5 Å². The molecule has 0 amide bonds. The number of carbonyl (C=O) groups excluding carboxylic acids is 3. The number of ether oxygens (including phenoxy) is 5. The number of carbonyl (C=O) groups is 3. The Morgan fingerprint density at radius 3 is 2.10 bits per heavy atom. The van der Waals surface area contributed by atoms with Crippen LogP contribution in [0.3, 0.4) is 0 Å². The lowest BCUT2D eigenvalue weighted by molar-refractivity contribution is -0.187. The molecule has 362 valence electrons. The predicted octanol–water partition coefficient (Wildman–Crippen LogP) is 10.6. The summed E-state index contributed by atoms with van der Waals surface area (Å²) in [7, 11) is -4.44. The normalized spacial score (nSPS) is 22.4. The third-order valence-corrected chi connectivity index (χ3v) is 23.4. The van der Waals surface area contributed by atoms with Gasteiger partial charge >= 0.3 is 17.9 Å². The average Bonchev–Trinajstić information content (AvgIpc) is 3.85. The Morgan fingerprint density at radius 1 is 0.838 bits per heavy atom. The molecule has 17 heteroatoms. The molecule has 68 heavy (non-hydrogen) atoms. The van der Waals surface area contributed by atoms with Crippen molar-refractivity contribution in [1.29, 1.82) is 0 Å². The summed E-state index contributed by atoms with van der Waals surface area (Å²) in [5.74, 6) is -1.65. The van der Waals surface area contributed by atoms with Gasteiger partial charge in [-0.1, -0.05) is 96.7 Å². The van der Waals surface area contributed by atoms with E-state index in [0.29, 0.717) is 35.3 Å². The molecule has 6 aromatic rings. The molecule has 1 fully saturated rings. The summed E-state index contributed by atoms with van der Waals surface area (Å²) >= 11 is 0. The smallest absolute Gasteiger partial charge is 0.303 e. The second-order valence-electron chi connectivity index (χ2n) is 21.2. The Labute approximate surface area is 399 Å². The number of nitrogens with zero attached hydrogens (tertiary/aromatic N) is 4. The van der Waals surface area contributed by atoms with Crippen LogP contribution >= 0.6 is 0 Å². The van der Waals surface area contributed by atoms with Crippen LogP contribution in [0.5, 0.6) is 5.88 Å². The molecule has 15 nitrogen and oxygen atoms in total. The minimum atomic E-state index is -2.28. The largest absolute Gasteiger partial charge is 0.472 e. The molecular formula is C51H65N5O10Si2. The zero-order valence-corrected chi connectivity index (χ0v) is 43.5. The van der Waals surface area contributed by atoms with Crippen LogP contribution in [0.1, 0.15) is 98.2 Å². The summed E-state index contributed by atoms with van der Waals surface area (Å²) in [6, 6.07) is 15.3. The number of hydrogen-bond donors (Lipinski definition) is 1. The first kappa shape index (κ1) is 49.0. The summed E-state index contributed by atoms with van der Waals surface area (Å²) in [6.07, 6.45) is -1.09. The molecule has 0 saturated carbocycles. The molecule has 2 aliphatic rings. The van der Waals surface area contributed by atoms with Gasteiger partial charge in [0.25, 0.3) is 0 Å². The van der Waals surface area contributed by atoms with Crippen molar-refractivity contribution < 1.29 is 46.9 Å². The minimum absolute atomic E-state index is 0.00572. The number of nitrogens with one attached hydrogen (secondary N) is 1. The number of imidazole rings is 1. The van der Waals surface area contributed by atoms with Crippen molar-refractivity contribution in [2.45, 2.75) is 148 Å². The zero-order valence-electron chi connectivity index (χ0n) is 41.5. The summed E-state index contributed by atoms with van der Waals surface area (Å²) in [5.41, 5.74) is 2.01. The van der Waals surface area contributed by atoms with Crippen LogP contribution < -0.4 is 10.1 Å². The number of fused-ring (bicyclic) bond motifs is 3. The lowest BCUT2D eigenvalue weighted by atomic mass is 9.77. The summed E-state index contributed by atoms with van der Waals surface area (Å²) in [5, 5.41) is 9.24. The molecule has 0 unspecified atom stereocenters. The minimum Gasteiger partial charge on any atom is -0.472 e. The lowest BCUT2D eigenvalue weighted by Gasteiger charge is -2.43. The van der Waals surface area contributed by atoms with Crippen molar-refractivity contribution in [3.63, 3.8) is 0 Å². The Kier molecular flexibility index (Phi) is 13.1. The fraction of sp³-hybridized carbons (Fsp3) is 0.490. The molecular weight excluding hydrogens is 899 g/mol. The highest BCUT2D eigenvalue weighted by Crippen LogP contribution is 2.50. The van der Waals surface area contributed by atoms with Gasteiger partial charge in [-0.25, -0.2) is 4.98 Å². The molecule has 1 aliphatic heterocycles. The van der Waals surface area contributed by atoms with Crippen LogP contribution in [0.2, 0.25) is 36.3 Å². The van der Waals surface area contributed by atoms with E-state index in [1.54, 1.807) is 12.4 Å². The fourth-order valence-electron chi connectivity index (χ4n) is 9.00. The van der Waals surface area contributed by atoms with Crippen LogP contribution in [0.4, 0.5) is 5.95 Å². The summed E-state index contributed by atoms with van der Waals surface area (Å²) < 4.78 is 47.1. The monoisotopic (exact) mass is 963 g/mol. The predicted molar refractivity (Wildman–Crippen MR) is 267 cm³/mol. The van der Waals surface area contributed by atoms with E-state index in [4.69, 9.17) is 47.5 Å². The molecule has 1 N–H and O–H groups in total. The van der Waals surface area contributed by atoms with Crippen LogP contribution in [0, 0.1) is 0 Å². The first-order chi connectivity index (χ1) is 31.9. The van der Waals surface area contributed by atoms with Gasteiger partial charge in [0.1, 0.15) is 18.9 Å². The number of rotatable bonds is 14. The van der Waals surface area contributed by atoms with E-state index in [0.717, 1.165) is 32.3 Å². The number of hydrogen-bond acceptors (Lipinski definition) is 14. The van der Waals surface area contributed by atoms with Crippen molar-refractivity contribution in [1.82, 2.24) is 19.5 Å². The van der Waals surface area contributed by atoms with Gasteiger partial charge in [-0.15, -0.1) is 0 Å². The molecule has 7 atom stereocenters. The van der Waals surface area contributed by atoms with E-state index in [1.165, 1.54) is 20.8 Å². The van der Waals surface area contributed by atoms with Crippen molar-refractivity contribution in [3.05, 3.63) is 78.6 Å². The van der Waals surface area contributed by atoms with E-state index in [1.807, 2.05) is 34.9 Å². The highest BCUT2D eigenvalue weighted by Gasteiger charge is 2.51. The second-order valence-corrected chi connectivity index (χ2v) is 30.7. The Bertz CT molecular complexity index is 2890. The van der Waals surface area contributed by atoms with E-state index < -0.39 is 65.1 Å². The number of esters is 3. The number of aromatic nitrogens is 4. The van der Waals surface area contributed by atoms with Crippen molar-refractivity contribution in [3.8, 4) is 5.88 Å². The third-order valence-electron chi connectivity index (χ3n) is 14.4. The van der Waals surface area contributed by atoms with Gasteiger partial charge in [-0.05, 0) is 80.2 Å². The molecule has 3 heterocycles. The van der Waals surface area contributed by atoms with E-state index >= 15 is 0 Å². The zero-order chi connectivity index (χ0) is 49.2. The molecule has 0 radical (unpaired) electrons. The molecule has 0 spiro atoms. The van der Waals surface area contributed by atoms with Gasteiger partial charge in [0, 0.05) is 32.8 Å². The van der Waals surface area contributed by atoms with Gasteiger partial charge < -0.3 is 37.9 Å². The molecule has 4 aromatic carbocycles. The SMILES string of the molecule is C=CCOc1nc(N[C@H]2c3c(cc4ccc5cccc6ccc3c4c56)[C@H](OC(C)=O)[C@@H](OC(C)=O)[C@@H]2OC(C)=O)nc2c1ncn2[C@H]1C[C@H](O[Si](C)(C)C(C)(C)C)[C@@H](CO[Si](C)(C)C(C)(C)C)O1.